The zero-order valence-corrected chi connectivity index (χ0v) is 18.3. The number of rotatable bonds is 10. The van der Waals surface area contributed by atoms with Crippen LogP contribution < -0.4 is 20.7 Å². The molecule has 1 aromatic rings. The summed E-state index contributed by atoms with van der Waals surface area (Å²) < 4.78 is 2.90. The number of hydrogen-bond acceptors (Lipinski definition) is 5. The molecule has 0 saturated heterocycles. The van der Waals surface area contributed by atoms with E-state index >= 15 is 0 Å². The maximum Gasteiger partial charge on any atom is 0.324 e. The van der Waals surface area contributed by atoms with Gasteiger partial charge in [-0.1, -0.05) is 38.5 Å². The number of carbonyl (C=O) groups is 1. The molecule has 9 heteroatoms. The van der Waals surface area contributed by atoms with Crippen molar-refractivity contribution >= 4 is 29.6 Å². The number of nitrogens with one attached hydrogen (secondary N) is 4. The van der Waals surface area contributed by atoms with Crippen molar-refractivity contribution < 1.29 is 4.79 Å². The molecule has 0 bridgehead atoms. The number of anilines is 1. The maximum absolute atomic E-state index is 11.9. The average Bonchev–Trinajstić information content (AvgIpc) is 3.02. The van der Waals surface area contributed by atoms with Crippen molar-refractivity contribution in [2.45, 2.75) is 70.3 Å². The van der Waals surface area contributed by atoms with Crippen LogP contribution in [0.15, 0.2) is 29.5 Å². The van der Waals surface area contributed by atoms with Gasteiger partial charge in [-0.2, -0.15) is 5.26 Å². The van der Waals surface area contributed by atoms with Gasteiger partial charge in [0.2, 0.25) is 5.96 Å². The average molecular weight is 432 g/mol. The van der Waals surface area contributed by atoms with E-state index in [4.69, 9.17) is 5.26 Å². The summed E-state index contributed by atoms with van der Waals surface area (Å²) in [5.74, 6) is 1.36. The number of nitrogens with zero attached hydrogens (tertiary/aromatic N) is 3. The zero-order valence-electron chi connectivity index (χ0n) is 17.5. The molecule has 0 aliphatic heterocycles. The van der Waals surface area contributed by atoms with Gasteiger partial charge in [0, 0.05) is 36.4 Å². The van der Waals surface area contributed by atoms with E-state index in [2.05, 4.69) is 30.6 Å². The first-order chi connectivity index (χ1) is 14.8. The first kappa shape index (κ1) is 23.8. The molecular formula is C21H33N7OS. The number of pyridine rings is 1. The second kappa shape index (κ2) is 15.4. The molecule has 4 N–H and O–H groups in total. The normalized spacial score (nSPS) is 15.0. The number of guanidine groups is 1. The van der Waals surface area contributed by atoms with Gasteiger partial charge in [0.1, 0.15) is 0 Å². The van der Waals surface area contributed by atoms with E-state index in [9.17, 15) is 4.79 Å². The highest BCUT2D eigenvalue weighted by Gasteiger charge is 2.14. The lowest BCUT2D eigenvalue weighted by atomic mass is 10.1. The molecule has 0 atom stereocenters. The van der Waals surface area contributed by atoms with E-state index in [0.717, 1.165) is 50.0 Å². The summed E-state index contributed by atoms with van der Waals surface area (Å²) in [6.07, 6.45) is 16.6. The smallest absolute Gasteiger partial charge is 0.324 e. The van der Waals surface area contributed by atoms with Gasteiger partial charge in [0.25, 0.3) is 0 Å². The van der Waals surface area contributed by atoms with Crippen LogP contribution in [-0.2, 0) is 0 Å². The molecule has 1 aromatic heterocycles. The van der Waals surface area contributed by atoms with Gasteiger partial charge < -0.3 is 10.6 Å². The molecule has 2 rings (SSSR count). The van der Waals surface area contributed by atoms with Crippen LogP contribution in [0.4, 0.5) is 10.5 Å². The monoisotopic (exact) mass is 431 g/mol. The minimum absolute atomic E-state index is 0.0551. The fourth-order valence-corrected chi connectivity index (χ4v) is 3.96. The van der Waals surface area contributed by atoms with Gasteiger partial charge in [0.05, 0.1) is 0 Å². The van der Waals surface area contributed by atoms with Gasteiger partial charge >= 0.3 is 6.03 Å². The van der Waals surface area contributed by atoms with Gasteiger partial charge in [-0.25, -0.2) is 4.79 Å². The number of hydrogen-bond donors (Lipinski definition) is 4. The van der Waals surface area contributed by atoms with Crippen molar-refractivity contribution in [1.82, 2.24) is 20.3 Å². The third-order valence-electron chi connectivity index (χ3n) is 4.90. The minimum atomic E-state index is -0.0551. The highest BCUT2D eigenvalue weighted by Crippen LogP contribution is 2.17. The fraction of sp³-hybridized carbons (Fsp3) is 0.619. The summed E-state index contributed by atoms with van der Waals surface area (Å²) in [7, 11) is 0. The number of amides is 2. The van der Waals surface area contributed by atoms with Crippen molar-refractivity contribution in [2.24, 2.45) is 4.99 Å². The van der Waals surface area contributed by atoms with E-state index in [1.165, 1.54) is 37.6 Å². The van der Waals surface area contributed by atoms with Crippen molar-refractivity contribution in [3.05, 3.63) is 24.5 Å². The summed E-state index contributed by atoms with van der Waals surface area (Å²) in [6, 6.07) is 3.91. The van der Waals surface area contributed by atoms with Crippen molar-refractivity contribution in [3.63, 3.8) is 0 Å². The molecule has 1 heterocycles. The standard InChI is InChI=1S/C21H33N7OS/c22-17-25-20(26-19-11-14-23-15-12-19)24-13-7-3-4-8-16-30-28-21(29)27-18-9-5-1-2-6-10-18/h11-12,14-15,18H,1-10,13,16H2,(H2,27,28,29)(H2,23,24,25,26). The summed E-state index contributed by atoms with van der Waals surface area (Å²) in [6.45, 7) is 0.650. The van der Waals surface area contributed by atoms with Crippen LogP contribution in [0, 0.1) is 11.5 Å². The largest absolute Gasteiger partial charge is 0.335 e. The van der Waals surface area contributed by atoms with Crippen LogP contribution >= 0.6 is 11.9 Å². The summed E-state index contributed by atoms with van der Waals surface area (Å²) in [5, 5.41) is 17.6. The Morgan fingerprint density at radius 3 is 2.60 bits per heavy atom. The molecule has 1 aliphatic carbocycles. The quantitative estimate of drug-likeness (QED) is 0.0841. The van der Waals surface area contributed by atoms with Crippen molar-refractivity contribution in [3.8, 4) is 6.19 Å². The van der Waals surface area contributed by atoms with Crippen LogP contribution in [0.25, 0.3) is 0 Å². The van der Waals surface area contributed by atoms with Gasteiger partial charge in [-0.3, -0.25) is 20.0 Å². The predicted octanol–water partition coefficient (Wildman–Crippen LogP) is 4.15. The highest BCUT2D eigenvalue weighted by molar-refractivity contribution is 7.97. The van der Waals surface area contributed by atoms with Crippen molar-refractivity contribution in [1.29, 1.82) is 5.26 Å². The minimum Gasteiger partial charge on any atom is -0.335 e. The highest BCUT2D eigenvalue weighted by atomic mass is 32.2. The van der Waals surface area contributed by atoms with Crippen LogP contribution in [-0.4, -0.2) is 35.3 Å². The molecule has 1 saturated carbocycles. The first-order valence-electron chi connectivity index (χ1n) is 10.8. The first-order valence-corrected chi connectivity index (χ1v) is 11.8. The molecule has 1 aliphatic rings. The molecule has 0 unspecified atom stereocenters. The number of nitriles is 1. The Labute approximate surface area is 183 Å². The van der Waals surface area contributed by atoms with E-state index in [-0.39, 0.29) is 6.03 Å². The van der Waals surface area contributed by atoms with E-state index < -0.39 is 0 Å². The molecule has 0 aromatic carbocycles. The number of carbonyl (C=O) groups excluding carboxylic acids is 1. The lowest BCUT2D eigenvalue weighted by molar-refractivity contribution is 0.241. The summed E-state index contributed by atoms with van der Waals surface area (Å²) >= 11 is 1.48. The van der Waals surface area contributed by atoms with Crippen LogP contribution in [0.5, 0.6) is 0 Å². The number of unbranched alkanes of at least 4 members (excludes halogenated alkanes) is 3. The van der Waals surface area contributed by atoms with Crippen LogP contribution in [0.1, 0.15) is 64.2 Å². The van der Waals surface area contributed by atoms with Gasteiger partial charge in [0.15, 0.2) is 6.19 Å². The molecule has 0 radical (unpaired) electrons. The van der Waals surface area contributed by atoms with Gasteiger partial charge in [-0.15, -0.1) is 0 Å². The molecule has 0 spiro atoms. The number of aromatic nitrogens is 1. The fourth-order valence-electron chi connectivity index (χ4n) is 3.32. The third kappa shape index (κ3) is 10.9. The SMILES string of the molecule is N#CNC(=NCCCCCCSNC(=O)NC1CCCCCC1)Nc1ccncc1. The second-order valence-corrected chi connectivity index (χ2v) is 8.26. The topological polar surface area (TPSA) is 114 Å². The predicted molar refractivity (Wildman–Crippen MR) is 123 cm³/mol. The van der Waals surface area contributed by atoms with E-state index in [1.54, 1.807) is 12.4 Å². The van der Waals surface area contributed by atoms with Crippen LogP contribution in [0.2, 0.25) is 0 Å². The molecule has 1 fully saturated rings. The number of urea groups is 1. The Hall–Kier alpha value is -2.47. The Bertz CT molecular complexity index is 670. The summed E-state index contributed by atoms with van der Waals surface area (Å²) in [5.41, 5.74) is 0.833. The van der Waals surface area contributed by atoms with Gasteiger partial charge in [-0.05, 0) is 49.8 Å². The molecule has 8 nitrogen and oxygen atoms in total. The summed E-state index contributed by atoms with van der Waals surface area (Å²) in [4.78, 5) is 20.3. The van der Waals surface area contributed by atoms with E-state index in [0.29, 0.717) is 18.5 Å². The Morgan fingerprint density at radius 1 is 1.13 bits per heavy atom. The third-order valence-corrected chi connectivity index (χ3v) is 5.72. The van der Waals surface area contributed by atoms with Crippen molar-refractivity contribution in [2.75, 3.05) is 17.6 Å². The Balaban J connectivity index is 1.49. The molecule has 30 heavy (non-hydrogen) atoms. The second-order valence-electron chi connectivity index (χ2n) is 7.35. The number of aliphatic imine (C=N–C) groups is 1. The Kier molecular flexibility index (Phi) is 12.2. The van der Waals surface area contributed by atoms with E-state index in [1.807, 2.05) is 18.3 Å². The lowest BCUT2D eigenvalue weighted by Gasteiger charge is -2.16. The zero-order chi connectivity index (χ0) is 21.3. The molecule has 164 valence electrons. The Morgan fingerprint density at radius 2 is 1.87 bits per heavy atom. The van der Waals surface area contributed by atoms with Crippen LogP contribution in [0.3, 0.4) is 0 Å². The lowest BCUT2D eigenvalue weighted by Crippen LogP contribution is -2.39. The maximum atomic E-state index is 11.9. The molecular weight excluding hydrogens is 398 g/mol. The molecule has 2 amide bonds.